The van der Waals surface area contributed by atoms with E-state index < -0.39 is 0 Å². The summed E-state index contributed by atoms with van der Waals surface area (Å²) in [7, 11) is 0. The van der Waals surface area contributed by atoms with E-state index in [0.29, 0.717) is 6.04 Å². The molecular weight excluding hydrogens is 190 g/mol. The van der Waals surface area contributed by atoms with E-state index in [0.717, 1.165) is 0 Å². The van der Waals surface area contributed by atoms with Crippen LogP contribution in [0.5, 0.6) is 0 Å². The van der Waals surface area contributed by atoms with E-state index >= 15 is 0 Å². The minimum atomic E-state index is 0.603. The molecule has 1 aromatic carbocycles. The molecule has 1 atom stereocenters. The summed E-state index contributed by atoms with van der Waals surface area (Å²) in [5.74, 6) is 2.49. The molecule has 2 aliphatic rings. The van der Waals surface area contributed by atoms with Crippen molar-refractivity contribution in [3.63, 3.8) is 0 Å². The second kappa shape index (κ2) is 3.35. The lowest BCUT2D eigenvalue weighted by atomic mass is 9.99. The van der Waals surface area contributed by atoms with Crippen molar-refractivity contribution in [1.82, 2.24) is 5.32 Å². The number of hydrogen-bond acceptors (Lipinski definition) is 2. The predicted molar refractivity (Wildman–Crippen MR) is 62.4 cm³/mol. The SMILES string of the molecule is C1=c2ccccc2=C2CSCCC2N1. The van der Waals surface area contributed by atoms with Crippen LogP contribution in [-0.2, 0) is 0 Å². The fourth-order valence-corrected chi connectivity index (χ4v) is 3.34. The Balaban J connectivity index is 2.27. The van der Waals surface area contributed by atoms with Gasteiger partial charge in [0.25, 0.3) is 0 Å². The Morgan fingerprint density at radius 3 is 3.21 bits per heavy atom. The van der Waals surface area contributed by atoms with Crippen molar-refractivity contribution in [1.29, 1.82) is 0 Å². The molecule has 1 saturated heterocycles. The number of fused-ring (bicyclic) bond motifs is 2. The Hall–Kier alpha value is -0.890. The van der Waals surface area contributed by atoms with Crippen LogP contribution in [0.4, 0.5) is 0 Å². The fourth-order valence-electron chi connectivity index (χ4n) is 2.21. The molecule has 1 aromatic rings. The van der Waals surface area contributed by atoms with Crippen molar-refractivity contribution < 1.29 is 0 Å². The van der Waals surface area contributed by atoms with E-state index in [4.69, 9.17) is 0 Å². The molecule has 0 saturated carbocycles. The van der Waals surface area contributed by atoms with Gasteiger partial charge in [-0.1, -0.05) is 24.3 Å². The molecular formula is C12H13NS. The fraction of sp³-hybridized carbons (Fsp3) is 0.333. The zero-order chi connectivity index (χ0) is 9.38. The van der Waals surface area contributed by atoms with Crippen LogP contribution in [-0.4, -0.2) is 17.5 Å². The second-order valence-corrected chi connectivity index (χ2v) is 4.92. The smallest absolute Gasteiger partial charge is 0.0493 e. The number of hydrogen-bond donors (Lipinski definition) is 1. The van der Waals surface area contributed by atoms with Gasteiger partial charge in [0.05, 0.1) is 0 Å². The van der Waals surface area contributed by atoms with Gasteiger partial charge in [-0.05, 0) is 28.2 Å². The predicted octanol–water partition coefficient (Wildman–Crippen LogP) is 0.684. The van der Waals surface area contributed by atoms with Crippen LogP contribution >= 0.6 is 11.8 Å². The molecule has 72 valence electrons. The summed E-state index contributed by atoms with van der Waals surface area (Å²) < 4.78 is 0. The average Bonchev–Trinajstić information content (AvgIpc) is 2.29. The monoisotopic (exact) mass is 203 g/mol. The molecule has 3 rings (SSSR count). The van der Waals surface area contributed by atoms with Gasteiger partial charge >= 0.3 is 0 Å². The normalized spacial score (nSPS) is 24.3. The van der Waals surface area contributed by atoms with Crippen molar-refractivity contribution in [2.75, 3.05) is 11.5 Å². The maximum Gasteiger partial charge on any atom is 0.0493 e. The summed E-state index contributed by atoms with van der Waals surface area (Å²) >= 11 is 2.05. The van der Waals surface area contributed by atoms with Crippen LogP contribution in [0.15, 0.2) is 24.3 Å². The summed E-state index contributed by atoms with van der Waals surface area (Å²) in [6.45, 7) is 0. The molecule has 1 N–H and O–H groups in total. The third-order valence-corrected chi connectivity index (χ3v) is 4.02. The molecule has 0 aromatic heterocycles. The minimum Gasteiger partial charge on any atom is -0.384 e. The van der Waals surface area contributed by atoms with Gasteiger partial charge in [0.2, 0.25) is 0 Å². The highest BCUT2D eigenvalue weighted by atomic mass is 32.2. The van der Waals surface area contributed by atoms with Gasteiger partial charge in [-0.3, -0.25) is 0 Å². The van der Waals surface area contributed by atoms with E-state index in [1.54, 1.807) is 5.57 Å². The molecule has 1 unspecified atom stereocenters. The standard InChI is InChI=1S/C12H13NS/c1-2-4-10-9(3-1)7-13-12-5-6-14-8-11(10)12/h1-4,7,12-13H,5-6,8H2. The first kappa shape index (κ1) is 8.42. The van der Waals surface area contributed by atoms with E-state index in [-0.39, 0.29) is 0 Å². The molecule has 0 aliphatic carbocycles. The zero-order valence-electron chi connectivity index (χ0n) is 7.99. The van der Waals surface area contributed by atoms with E-state index in [2.05, 4.69) is 47.5 Å². The average molecular weight is 203 g/mol. The Morgan fingerprint density at radius 2 is 2.21 bits per heavy atom. The van der Waals surface area contributed by atoms with E-state index in [1.807, 2.05) is 0 Å². The largest absolute Gasteiger partial charge is 0.384 e. The van der Waals surface area contributed by atoms with Crippen LogP contribution < -0.4 is 15.8 Å². The van der Waals surface area contributed by atoms with Gasteiger partial charge in [-0.25, -0.2) is 0 Å². The van der Waals surface area contributed by atoms with Gasteiger partial charge in [0.15, 0.2) is 0 Å². The van der Waals surface area contributed by atoms with Gasteiger partial charge in [0, 0.05) is 18.0 Å². The topological polar surface area (TPSA) is 12.0 Å². The molecule has 0 spiro atoms. The second-order valence-electron chi connectivity index (χ2n) is 3.82. The molecule has 1 fully saturated rings. The number of rotatable bonds is 0. The van der Waals surface area contributed by atoms with Crippen molar-refractivity contribution in [2.45, 2.75) is 12.5 Å². The van der Waals surface area contributed by atoms with E-state index in [9.17, 15) is 0 Å². The summed E-state index contributed by atoms with van der Waals surface area (Å²) in [5, 5.41) is 6.31. The lowest BCUT2D eigenvalue weighted by molar-refractivity contribution is 0.699. The van der Waals surface area contributed by atoms with Crippen LogP contribution in [0.25, 0.3) is 11.8 Å². The first-order valence-electron chi connectivity index (χ1n) is 5.07. The van der Waals surface area contributed by atoms with Crippen molar-refractivity contribution in [3.05, 3.63) is 34.7 Å². The lowest BCUT2D eigenvalue weighted by Gasteiger charge is -2.28. The third kappa shape index (κ3) is 1.25. The van der Waals surface area contributed by atoms with Crippen molar-refractivity contribution in [2.24, 2.45) is 0 Å². The Bertz CT molecular complexity index is 463. The molecule has 2 aliphatic heterocycles. The van der Waals surface area contributed by atoms with Gasteiger partial charge in [0.1, 0.15) is 0 Å². The molecule has 0 radical (unpaired) electrons. The molecule has 2 heteroatoms. The molecule has 14 heavy (non-hydrogen) atoms. The van der Waals surface area contributed by atoms with E-state index in [1.165, 1.54) is 28.4 Å². The highest BCUT2D eigenvalue weighted by molar-refractivity contribution is 7.99. The Kier molecular flexibility index (Phi) is 2.02. The van der Waals surface area contributed by atoms with Crippen molar-refractivity contribution >= 4 is 23.5 Å². The Labute approximate surface area is 87.9 Å². The quantitative estimate of drug-likeness (QED) is 0.665. The third-order valence-electron chi connectivity index (χ3n) is 2.98. The van der Waals surface area contributed by atoms with Crippen LogP contribution in [0.1, 0.15) is 6.42 Å². The lowest BCUT2D eigenvalue weighted by Crippen LogP contribution is -2.44. The summed E-state index contributed by atoms with van der Waals surface area (Å²) in [5.41, 5.74) is 1.60. The number of nitrogens with one attached hydrogen (secondary N) is 1. The molecule has 2 heterocycles. The molecule has 0 amide bonds. The number of benzene rings is 1. The molecule has 0 bridgehead atoms. The minimum absolute atomic E-state index is 0.603. The first-order valence-corrected chi connectivity index (χ1v) is 6.23. The van der Waals surface area contributed by atoms with Crippen LogP contribution in [0.3, 0.4) is 0 Å². The summed E-state index contributed by atoms with van der Waals surface area (Å²) in [4.78, 5) is 0. The summed E-state index contributed by atoms with van der Waals surface area (Å²) in [6.07, 6.45) is 3.43. The Morgan fingerprint density at radius 1 is 1.29 bits per heavy atom. The van der Waals surface area contributed by atoms with Gasteiger partial charge in [-0.2, -0.15) is 11.8 Å². The molecule has 1 nitrogen and oxygen atoms in total. The highest BCUT2D eigenvalue weighted by Crippen LogP contribution is 2.23. The zero-order valence-corrected chi connectivity index (χ0v) is 8.81. The maximum absolute atomic E-state index is 3.50. The highest BCUT2D eigenvalue weighted by Gasteiger charge is 2.20. The first-order chi connectivity index (χ1) is 6.95. The summed E-state index contributed by atoms with van der Waals surface area (Å²) in [6, 6.07) is 9.28. The number of thioether (sulfide) groups is 1. The van der Waals surface area contributed by atoms with Crippen LogP contribution in [0.2, 0.25) is 0 Å². The maximum atomic E-state index is 3.50. The van der Waals surface area contributed by atoms with Crippen LogP contribution in [0, 0.1) is 0 Å². The van der Waals surface area contributed by atoms with Crippen molar-refractivity contribution in [3.8, 4) is 0 Å². The van der Waals surface area contributed by atoms with Gasteiger partial charge in [-0.15, -0.1) is 0 Å². The van der Waals surface area contributed by atoms with Gasteiger partial charge < -0.3 is 5.32 Å².